The monoisotopic (exact) mass is 347 g/mol. The van der Waals surface area contributed by atoms with Crippen LogP contribution in [-0.4, -0.2) is 42.3 Å². The Morgan fingerprint density at radius 1 is 1.21 bits per heavy atom. The van der Waals surface area contributed by atoms with Crippen molar-refractivity contribution in [3.8, 4) is 5.69 Å². The first-order valence-corrected chi connectivity index (χ1v) is 10.5. The molecule has 1 aromatic carbocycles. The Hall–Kier alpha value is -1.66. The summed E-state index contributed by atoms with van der Waals surface area (Å²) >= 11 is 0. The second kappa shape index (κ2) is 7.49. The van der Waals surface area contributed by atoms with Gasteiger partial charge in [-0.2, -0.15) is 5.10 Å². The van der Waals surface area contributed by atoms with E-state index in [1.54, 1.807) is 6.20 Å². The normalized spacial score (nSPS) is 21.7. The zero-order valence-electron chi connectivity index (χ0n) is 14.1. The maximum atomic E-state index is 11.9. The summed E-state index contributed by atoms with van der Waals surface area (Å²) in [5.41, 5.74) is 2.28. The van der Waals surface area contributed by atoms with Gasteiger partial charge in [0.2, 0.25) is 0 Å². The molecule has 3 rings (SSSR count). The average molecular weight is 347 g/mol. The highest BCUT2D eigenvalue weighted by molar-refractivity contribution is 7.91. The third-order valence-electron chi connectivity index (χ3n) is 4.78. The minimum Gasteiger partial charge on any atom is -0.312 e. The third kappa shape index (κ3) is 4.24. The summed E-state index contributed by atoms with van der Waals surface area (Å²) < 4.78 is 25.7. The fourth-order valence-corrected chi connectivity index (χ4v) is 4.91. The number of rotatable bonds is 6. The lowest BCUT2D eigenvalue weighted by atomic mass is 9.94. The number of nitrogens with zero attached hydrogens (tertiary/aromatic N) is 2. The van der Waals surface area contributed by atoms with Crippen LogP contribution in [0, 0.1) is 0 Å². The van der Waals surface area contributed by atoms with Crippen molar-refractivity contribution in [2.24, 2.45) is 0 Å². The SMILES string of the molecule is CS(=O)(=O)[C@@H]1CCCC[C@@H]1NCCc1ccc(-n2cccn2)cc1. The molecule has 0 spiro atoms. The maximum absolute atomic E-state index is 11.9. The molecule has 24 heavy (non-hydrogen) atoms. The van der Waals surface area contributed by atoms with Gasteiger partial charge in [0.25, 0.3) is 0 Å². The van der Waals surface area contributed by atoms with Crippen molar-refractivity contribution in [3.05, 3.63) is 48.3 Å². The molecule has 0 radical (unpaired) electrons. The molecule has 130 valence electrons. The summed E-state index contributed by atoms with van der Waals surface area (Å²) in [6.07, 6.45) is 9.82. The van der Waals surface area contributed by atoms with E-state index in [9.17, 15) is 8.42 Å². The zero-order valence-corrected chi connectivity index (χ0v) is 14.9. The topological polar surface area (TPSA) is 64.0 Å². The molecule has 5 nitrogen and oxygen atoms in total. The molecule has 0 bridgehead atoms. The molecule has 1 N–H and O–H groups in total. The molecule has 2 aromatic rings. The van der Waals surface area contributed by atoms with Crippen LogP contribution in [0.25, 0.3) is 5.69 Å². The molecule has 1 aromatic heterocycles. The summed E-state index contributed by atoms with van der Waals surface area (Å²) in [4.78, 5) is 0. The average Bonchev–Trinajstić information content (AvgIpc) is 3.09. The summed E-state index contributed by atoms with van der Waals surface area (Å²) in [5.74, 6) is 0. The van der Waals surface area contributed by atoms with E-state index in [0.717, 1.165) is 44.3 Å². The molecular formula is C18H25N3O2S. The number of benzene rings is 1. The van der Waals surface area contributed by atoms with Gasteiger partial charge < -0.3 is 5.32 Å². The second-order valence-electron chi connectivity index (χ2n) is 6.58. The van der Waals surface area contributed by atoms with Crippen LogP contribution in [0.5, 0.6) is 0 Å². The Kier molecular flexibility index (Phi) is 5.36. The van der Waals surface area contributed by atoms with Crippen LogP contribution in [0.4, 0.5) is 0 Å². The Bertz CT molecular complexity index is 739. The summed E-state index contributed by atoms with van der Waals surface area (Å²) in [6.45, 7) is 0.803. The van der Waals surface area contributed by atoms with E-state index < -0.39 is 9.84 Å². The van der Waals surface area contributed by atoms with Gasteiger partial charge in [0, 0.05) is 24.7 Å². The standard InChI is InChI=1S/C18H25N3O2S/c1-24(22,23)18-6-3-2-5-17(18)19-13-11-15-7-9-16(10-8-15)21-14-4-12-20-21/h4,7-10,12,14,17-19H,2-3,5-6,11,13H2,1H3/t17-,18+/m0/s1. The van der Waals surface area contributed by atoms with Gasteiger partial charge in [-0.15, -0.1) is 0 Å². The molecule has 0 saturated heterocycles. The van der Waals surface area contributed by atoms with Crippen molar-refractivity contribution >= 4 is 9.84 Å². The van der Waals surface area contributed by atoms with Gasteiger partial charge in [-0.3, -0.25) is 0 Å². The minimum atomic E-state index is -2.97. The Morgan fingerprint density at radius 2 is 1.96 bits per heavy atom. The van der Waals surface area contributed by atoms with Crippen molar-refractivity contribution in [1.82, 2.24) is 15.1 Å². The highest BCUT2D eigenvalue weighted by atomic mass is 32.2. The first kappa shape index (κ1) is 17.2. The lowest BCUT2D eigenvalue weighted by Gasteiger charge is -2.31. The molecule has 1 aliphatic carbocycles. The minimum absolute atomic E-state index is 0.0945. The van der Waals surface area contributed by atoms with E-state index in [1.165, 1.54) is 11.8 Å². The molecule has 1 fully saturated rings. The van der Waals surface area contributed by atoms with Crippen molar-refractivity contribution < 1.29 is 8.42 Å². The van der Waals surface area contributed by atoms with Gasteiger partial charge in [-0.1, -0.05) is 25.0 Å². The maximum Gasteiger partial charge on any atom is 0.151 e. The van der Waals surface area contributed by atoms with E-state index in [0.29, 0.717) is 0 Å². The predicted octanol–water partition coefficient (Wildman–Crippen LogP) is 2.36. The van der Waals surface area contributed by atoms with Gasteiger partial charge in [-0.25, -0.2) is 13.1 Å². The van der Waals surface area contributed by atoms with Crippen LogP contribution in [0.1, 0.15) is 31.2 Å². The van der Waals surface area contributed by atoms with Crippen molar-refractivity contribution in [1.29, 1.82) is 0 Å². The summed E-state index contributed by atoms with van der Waals surface area (Å²) in [6, 6.07) is 10.3. The van der Waals surface area contributed by atoms with Crippen LogP contribution < -0.4 is 5.32 Å². The Labute approximate surface area is 144 Å². The van der Waals surface area contributed by atoms with Crippen LogP contribution in [-0.2, 0) is 16.3 Å². The number of hydrogen-bond donors (Lipinski definition) is 1. The highest BCUT2D eigenvalue weighted by Gasteiger charge is 2.32. The largest absolute Gasteiger partial charge is 0.312 e. The first-order chi connectivity index (χ1) is 11.5. The molecule has 2 atom stereocenters. The van der Waals surface area contributed by atoms with E-state index in [-0.39, 0.29) is 11.3 Å². The van der Waals surface area contributed by atoms with Crippen molar-refractivity contribution in [3.63, 3.8) is 0 Å². The van der Waals surface area contributed by atoms with Crippen molar-refractivity contribution in [2.75, 3.05) is 12.8 Å². The van der Waals surface area contributed by atoms with Gasteiger partial charge in [0.1, 0.15) is 0 Å². The molecule has 0 aliphatic heterocycles. The third-order valence-corrected chi connectivity index (χ3v) is 6.44. The molecule has 1 heterocycles. The molecule has 0 unspecified atom stereocenters. The molecule has 1 aliphatic rings. The lowest BCUT2D eigenvalue weighted by molar-refractivity contribution is 0.373. The van der Waals surface area contributed by atoms with Crippen LogP contribution in [0.2, 0.25) is 0 Å². The fraction of sp³-hybridized carbons (Fsp3) is 0.500. The molecule has 1 saturated carbocycles. The molecular weight excluding hydrogens is 322 g/mol. The zero-order chi connectivity index (χ0) is 17.0. The van der Waals surface area contributed by atoms with Crippen LogP contribution in [0.3, 0.4) is 0 Å². The number of nitrogens with one attached hydrogen (secondary N) is 1. The smallest absolute Gasteiger partial charge is 0.151 e. The highest BCUT2D eigenvalue weighted by Crippen LogP contribution is 2.24. The number of sulfone groups is 1. The second-order valence-corrected chi connectivity index (χ2v) is 8.84. The quantitative estimate of drug-likeness (QED) is 0.871. The van der Waals surface area contributed by atoms with E-state index in [1.807, 2.05) is 16.9 Å². The van der Waals surface area contributed by atoms with Crippen LogP contribution in [0.15, 0.2) is 42.7 Å². The summed E-state index contributed by atoms with van der Waals surface area (Å²) in [7, 11) is -2.97. The number of aromatic nitrogens is 2. The van der Waals surface area contributed by atoms with Crippen molar-refractivity contribution in [2.45, 2.75) is 43.4 Å². The Morgan fingerprint density at radius 3 is 2.62 bits per heavy atom. The van der Waals surface area contributed by atoms with E-state index in [2.05, 4.69) is 34.7 Å². The summed E-state index contributed by atoms with van der Waals surface area (Å²) in [5, 5.41) is 7.46. The van der Waals surface area contributed by atoms with Gasteiger partial charge in [0.05, 0.1) is 10.9 Å². The Balaban J connectivity index is 1.54. The fourth-order valence-electron chi connectivity index (χ4n) is 3.48. The van der Waals surface area contributed by atoms with Gasteiger partial charge >= 0.3 is 0 Å². The van der Waals surface area contributed by atoms with E-state index in [4.69, 9.17) is 0 Å². The molecule has 0 amide bonds. The van der Waals surface area contributed by atoms with Gasteiger partial charge in [0.15, 0.2) is 9.84 Å². The number of hydrogen-bond acceptors (Lipinski definition) is 4. The van der Waals surface area contributed by atoms with Crippen LogP contribution >= 0.6 is 0 Å². The predicted molar refractivity (Wildman–Crippen MR) is 96.2 cm³/mol. The van der Waals surface area contributed by atoms with Gasteiger partial charge in [-0.05, 0) is 49.6 Å². The molecule has 6 heteroatoms. The first-order valence-electron chi connectivity index (χ1n) is 8.55. The lowest BCUT2D eigenvalue weighted by Crippen LogP contribution is -2.46. The van der Waals surface area contributed by atoms with E-state index >= 15 is 0 Å².